The lowest BCUT2D eigenvalue weighted by Gasteiger charge is -2.14. The molecule has 0 aromatic carbocycles. The minimum absolute atomic E-state index is 0.0313. The molecule has 0 spiro atoms. The highest BCUT2D eigenvalue weighted by atomic mass is 19.1. The van der Waals surface area contributed by atoms with Crippen molar-refractivity contribution in [2.75, 3.05) is 37.2 Å². The molecule has 1 unspecified atom stereocenters. The molecule has 100 valence electrons. The van der Waals surface area contributed by atoms with Crippen LogP contribution in [0.25, 0.3) is 0 Å². The van der Waals surface area contributed by atoms with E-state index in [0.717, 1.165) is 32.1 Å². The molecule has 2 rings (SSSR count). The fraction of sp³-hybridized carbons (Fsp3) is 0.583. The van der Waals surface area contributed by atoms with Crippen LogP contribution in [0, 0.1) is 17.6 Å². The largest absolute Gasteiger partial charge is 0.381 e. The van der Waals surface area contributed by atoms with E-state index in [9.17, 15) is 8.78 Å². The molecule has 1 saturated heterocycles. The summed E-state index contributed by atoms with van der Waals surface area (Å²) in [6, 6.07) is 0.762. The number of nitrogens with zero attached hydrogens (tertiary/aromatic N) is 2. The summed E-state index contributed by atoms with van der Waals surface area (Å²) < 4.78 is 26.4. The van der Waals surface area contributed by atoms with Crippen molar-refractivity contribution >= 4 is 11.6 Å². The maximum absolute atomic E-state index is 13.4. The molecule has 0 amide bonds. The van der Waals surface area contributed by atoms with Crippen LogP contribution >= 0.6 is 0 Å². The number of nitrogens with one attached hydrogen (secondary N) is 1. The predicted molar refractivity (Wildman–Crippen MR) is 67.3 cm³/mol. The molecule has 1 fully saturated rings. The van der Waals surface area contributed by atoms with E-state index >= 15 is 0 Å². The number of aromatic nitrogens is 1. The van der Waals surface area contributed by atoms with Gasteiger partial charge in [-0.25, -0.2) is 13.8 Å². The Kier molecular flexibility index (Phi) is 3.96. The van der Waals surface area contributed by atoms with Crippen molar-refractivity contribution in [2.24, 2.45) is 5.92 Å². The molecule has 1 aliphatic heterocycles. The van der Waals surface area contributed by atoms with Gasteiger partial charge in [0, 0.05) is 19.2 Å². The summed E-state index contributed by atoms with van der Waals surface area (Å²) in [6.07, 6.45) is 1.08. The molecule has 18 heavy (non-hydrogen) atoms. The second kappa shape index (κ2) is 5.48. The number of anilines is 2. The maximum Gasteiger partial charge on any atom is 0.168 e. The van der Waals surface area contributed by atoms with Gasteiger partial charge < -0.3 is 16.0 Å². The normalized spacial score (nSPS) is 20.3. The number of hydrogen-bond acceptors (Lipinski definition) is 4. The van der Waals surface area contributed by atoms with Crippen molar-refractivity contribution in [3.63, 3.8) is 0 Å². The third-order valence-corrected chi connectivity index (χ3v) is 3.33. The first-order chi connectivity index (χ1) is 8.60. The predicted octanol–water partition coefficient (Wildman–Crippen LogP) is 1.70. The van der Waals surface area contributed by atoms with Crippen molar-refractivity contribution in [3.05, 3.63) is 17.7 Å². The third kappa shape index (κ3) is 2.87. The molecular formula is C12H18F2N4. The van der Waals surface area contributed by atoms with Crippen molar-refractivity contribution in [1.82, 2.24) is 9.88 Å². The van der Waals surface area contributed by atoms with Gasteiger partial charge in [0.2, 0.25) is 0 Å². The molecule has 0 radical (unpaired) electrons. The average Bonchev–Trinajstić information content (AvgIpc) is 2.80. The number of halogens is 2. The summed E-state index contributed by atoms with van der Waals surface area (Å²) >= 11 is 0. The summed E-state index contributed by atoms with van der Waals surface area (Å²) in [4.78, 5) is 6.02. The van der Waals surface area contributed by atoms with Crippen LogP contribution in [0.15, 0.2) is 6.07 Å². The van der Waals surface area contributed by atoms with E-state index in [4.69, 9.17) is 5.73 Å². The first-order valence-electron chi connectivity index (χ1n) is 6.18. The van der Waals surface area contributed by atoms with Crippen molar-refractivity contribution in [1.29, 1.82) is 0 Å². The van der Waals surface area contributed by atoms with Crippen molar-refractivity contribution < 1.29 is 8.78 Å². The minimum atomic E-state index is -0.823. The molecular weight excluding hydrogens is 238 g/mol. The van der Waals surface area contributed by atoms with Gasteiger partial charge >= 0.3 is 0 Å². The molecule has 1 aromatic heterocycles. The minimum Gasteiger partial charge on any atom is -0.381 e. The van der Waals surface area contributed by atoms with Crippen LogP contribution in [0.1, 0.15) is 13.3 Å². The van der Waals surface area contributed by atoms with E-state index in [-0.39, 0.29) is 11.6 Å². The van der Waals surface area contributed by atoms with E-state index in [0.29, 0.717) is 12.5 Å². The summed E-state index contributed by atoms with van der Waals surface area (Å²) in [7, 11) is 0. The van der Waals surface area contributed by atoms with Crippen LogP contribution < -0.4 is 11.1 Å². The lowest BCUT2D eigenvalue weighted by molar-refractivity contribution is 0.345. The number of likely N-dealkylation sites (tertiary alicyclic amines) is 1. The van der Waals surface area contributed by atoms with Gasteiger partial charge in [0.25, 0.3) is 0 Å². The molecule has 1 aliphatic rings. The highest BCUT2D eigenvalue weighted by molar-refractivity contribution is 5.44. The molecule has 2 heterocycles. The second-order valence-corrected chi connectivity index (χ2v) is 4.61. The Hall–Kier alpha value is -1.43. The molecule has 0 saturated carbocycles. The van der Waals surface area contributed by atoms with Crippen LogP contribution in [-0.2, 0) is 0 Å². The highest BCUT2D eigenvalue weighted by Crippen LogP contribution is 2.19. The van der Waals surface area contributed by atoms with E-state index in [2.05, 4.69) is 22.1 Å². The number of nitrogens with two attached hydrogens (primary N) is 1. The lowest BCUT2D eigenvalue weighted by Crippen LogP contribution is -2.23. The van der Waals surface area contributed by atoms with Crippen molar-refractivity contribution in [3.8, 4) is 0 Å². The average molecular weight is 256 g/mol. The smallest absolute Gasteiger partial charge is 0.168 e. The summed E-state index contributed by atoms with van der Waals surface area (Å²) in [5, 5.41) is 2.91. The lowest BCUT2D eigenvalue weighted by atomic mass is 10.1. The van der Waals surface area contributed by atoms with Gasteiger partial charge in [-0.15, -0.1) is 0 Å². The van der Waals surface area contributed by atoms with Crippen LogP contribution in [0.2, 0.25) is 0 Å². The molecule has 3 N–H and O–H groups in total. The molecule has 0 aliphatic carbocycles. The molecule has 1 aromatic rings. The Balaban J connectivity index is 1.93. The van der Waals surface area contributed by atoms with Gasteiger partial charge in [-0.05, 0) is 25.4 Å². The van der Waals surface area contributed by atoms with Gasteiger partial charge in [-0.1, -0.05) is 6.92 Å². The third-order valence-electron chi connectivity index (χ3n) is 3.33. The molecule has 6 heteroatoms. The first-order valence-corrected chi connectivity index (χ1v) is 6.18. The zero-order chi connectivity index (χ0) is 13.1. The number of nitrogen functional groups attached to an aromatic ring is 1. The van der Waals surface area contributed by atoms with E-state index in [1.54, 1.807) is 0 Å². The van der Waals surface area contributed by atoms with Crippen LogP contribution in [0.5, 0.6) is 0 Å². The second-order valence-electron chi connectivity index (χ2n) is 4.61. The van der Waals surface area contributed by atoms with Crippen molar-refractivity contribution in [2.45, 2.75) is 13.3 Å². The Labute approximate surface area is 105 Å². The quantitative estimate of drug-likeness (QED) is 0.861. The Morgan fingerprint density at radius 3 is 2.94 bits per heavy atom. The Morgan fingerprint density at radius 1 is 1.50 bits per heavy atom. The van der Waals surface area contributed by atoms with Crippen LogP contribution in [0.3, 0.4) is 0 Å². The maximum atomic E-state index is 13.4. The van der Waals surface area contributed by atoms with Gasteiger partial charge in [-0.2, -0.15) is 0 Å². The Bertz CT molecular complexity index is 425. The van der Waals surface area contributed by atoms with Crippen LogP contribution in [-0.4, -0.2) is 36.1 Å². The molecule has 1 atom stereocenters. The van der Waals surface area contributed by atoms with Gasteiger partial charge in [0.05, 0.1) is 0 Å². The van der Waals surface area contributed by atoms with E-state index in [1.807, 2.05) is 0 Å². The zero-order valence-corrected chi connectivity index (χ0v) is 10.4. The fourth-order valence-corrected chi connectivity index (χ4v) is 2.21. The first kappa shape index (κ1) is 13.0. The zero-order valence-electron chi connectivity index (χ0n) is 10.4. The summed E-state index contributed by atoms with van der Waals surface area (Å²) in [5.41, 5.74) is 5.32. The fourth-order valence-electron chi connectivity index (χ4n) is 2.21. The van der Waals surface area contributed by atoms with E-state index in [1.165, 1.54) is 0 Å². The topological polar surface area (TPSA) is 54.2 Å². The number of rotatable bonds is 4. The van der Waals surface area contributed by atoms with Crippen LogP contribution in [0.4, 0.5) is 20.4 Å². The number of hydrogen-bond donors (Lipinski definition) is 2. The standard InChI is InChI=1S/C12H18F2N4/c1-2-18-4-3-8(7-18)6-16-12-10(14)5-9(13)11(15)17-12/h5,8H,2-4,6-7H2,1H3,(H3,15,16,17). The summed E-state index contributed by atoms with van der Waals surface area (Å²) in [5.74, 6) is -1.30. The van der Waals surface area contributed by atoms with Gasteiger partial charge in [0.15, 0.2) is 23.3 Å². The highest BCUT2D eigenvalue weighted by Gasteiger charge is 2.21. The SMILES string of the molecule is CCN1CCC(CNc2nc(N)c(F)cc2F)C1. The monoisotopic (exact) mass is 256 g/mol. The van der Waals surface area contributed by atoms with Gasteiger partial charge in [0.1, 0.15) is 0 Å². The van der Waals surface area contributed by atoms with E-state index < -0.39 is 11.6 Å². The molecule has 4 nitrogen and oxygen atoms in total. The molecule has 0 bridgehead atoms. The number of pyridine rings is 1. The van der Waals surface area contributed by atoms with Gasteiger partial charge in [-0.3, -0.25) is 0 Å². The Morgan fingerprint density at radius 2 is 2.28 bits per heavy atom. The summed E-state index contributed by atoms with van der Waals surface area (Å²) in [6.45, 7) is 5.86.